The molecule has 0 radical (unpaired) electrons. The van der Waals surface area contributed by atoms with Crippen molar-refractivity contribution in [3.05, 3.63) is 162 Å². The average Bonchev–Trinajstić information content (AvgIpc) is 3.81. The van der Waals surface area contributed by atoms with Crippen LogP contribution in [0.5, 0.6) is 0 Å². The summed E-state index contributed by atoms with van der Waals surface area (Å²) in [5, 5.41) is 17.2. The third kappa shape index (κ3) is 4.16. The van der Waals surface area contributed by atoms with Crippen molar-refractivity contribution in [1.29, 1.82) is 5.26 Å². The lowest BCUT2D eigenvalue weighted by Crippen LogP contribution is -2.15. The summed E-state index contributed by atoms with van der Waals surface area (Å²) >= 11 is 0. The molecule has 0 fully saturated rings. The molecule has 0 saturated heterocycles. The maximum atomic E-state index is 9.81. The van der Waals surface area contributed by atoms with Gasteiger partial charge >= 0.3 is 0 Å². The summed E-state index contributed by atoms with van der Waals surface area (Å²) in [5.41, 5.74) is 13.2. The van der Waals surface area contributed by atoms with Gasteiger partial charge in [0.15, 0.2) is 5.69 Å². The Balaban J connectivity index is 1.33. The summed E-state index contributed by atoms with van der Waals surface area (Å²) in [4.78, 5) is 8.64. The molecule has 2 aliphatic rings. The van der Waals surface area contributed by atoms with Crippen molar-refractivity contribution < 1.29 is 0 Å². The van der Waals surface area contributed by atoms with Gasteiger partial charge in [0, 0.05) is 57.4 Å². The van der Waals surface area contributed by atoms with Crippen LogP contribution < -0.4 is 9.80 Å². The molecule has 2 aliphatic heterocycles. The average molecular weight is 639 g/mol. The minimum Gasteiger partial charge on any atom is -0.341 e. The van der Waals surface area contributed by atoms with E-state index in [1.807, 2.05) is 12.1 Å². The Morgan fingerprint density at radius 3 is 1.54 bits per heavy atom. The van der Waals surface area contributed by atoms with E-state index in [0.717, 1.165) is 37.3 Å². The summed E-state index contributed by atoms with van der Waals surface area (Å²) in [6.45, 7) is 9.45. The molecular weight excluding hydrogens is 609 g/mol. The van der Waals surface area contributed by atoms with Gasteiger partial charge < -0.3 is 9.80 Å². The lowest BCUT2D eigenvalue weighted by molar-refractivity contribution is 1.00. The van der Waals surface area contributed by atoms with Crippen LogP contribution in [0.1, 0.15) is 16.7 Å². The fraction of sp³-hybridized carbons (Fsp3) is 0.0870. The molecule has 0 amide bonds. The Morgan fingerprint density at radius 2 is 1.02 bits per heavy atom. The lowest BCUT2D eigenvalue weighted by atomic mass is 9.85. The van der Waals surface area contributed by atoms with Crippen molar-refractivity contribution in [3.8, 4) is 28.3 Å². The van der Waals surface area contributed by atoms with Gasteiger partial charge in [-0.15, -0.1) is 0 Å². The van der Waals surface area contributed by atoms with Crippen molar-refractivity contribution in [2.75, 3.05) is 22.9 Å². The van der Waals surface area contributed by atoms with E-state index in [2.05, 4.69) is 142 Å². The van der Waals surface area contributed by atoms with Crippen LogP contribution in [0.4, 0.5) is 28.4 Å². The highest BCUT2D eigenvalue weighted by molar-refractivity contribution is 6.32. The van der Waals surface area contributed by atoms with E-state index in [1.165, 1.54) is 77.1 Å². The van der Waals surface area contributed by atoms with Gasteiger partial charge in [0.05, 0.1) is 18.2 Å². The molecule has 4 heteroatoms. The second-order valence-electron chi connectivity index (χ2n) is 13.4. The predicted octanol–water partition coefficient (Wildman–Crippen LogP) is 11.7. The van der Waals surface area contributed by atoms with Gasteiger partial charge in [-0.1, -0.05) is 103 Å². The highest BCUT2D eigenvalue weighted by Crippen LogP contribution is 2.51. The zero-order valence-corrected chi connectivity index (χ0v) is 27.3. The third-order valence-electron chi connectivity index (χ3n) is 10.8. The minimum absolute atomic E-state index is 0.666. The van der Waals surface area contributed by atoms with Gasteiger partial charge in [-0.2, -0.15) is 5.26 Å². The van der Waals surface area contributed by atoms with Gasteiger partial charge in [-0.05, 0) is 87.3 Å². The fourth-order valence-electron chi connectivity index (χ4n) is 8.50. The second-order valence-corrected chi connectivity index (χ2v) is 13.4. The molecule has 0 aliphatic carbocycles. The van der Waals surface area contributed by atoms with Crippen molar-refractivity contribution in [2.24, 2.45) is 0 Å². The van der Waals surface area contributed by atoms with Crippen LogP contribution in [-0.2, 0) is 12.8 Å². The zero-order valence-electron chi connectivity index (χ0n) is 27.3. The number of benzene rings is 8. The highest BCUT2D eigenvalue weighted by Gasteiger charge is 2.28. The molecule has 50 heavy (non-hydrogen) atoms. The molecule has 0 spiro atoms. The fourth-order valence-corrected chi connectivity index (χ4v) is 8.50. The molecule has 2 heterocycles. The van der Waals surface area contributed by atoms with Crippen molar-refractivity contribution in [1.82, 2.24) is 0 Å². The minimum atomic E-state index is 0.666. The number of hydrogen-bond donors (Lipinski definition) is 0. The Labute approximate surface area is 290 Å². The summed E-state index contributed by atoms with van der Waals surface area (Å²) in [6, 6.07) is 50.1. The van der Waals surface area contributed by atoms with Crippen LogP contribution in [0, 0.1) is 17.9 Å². The van der Waals surface area contributed by atoms with E-state index < -0.39 is 0 Å². The van der Waals surface area contributed by atoms with Crippen LogP contribution in [0.15, 0.2) is 133 Å². The largest absolute Gasteiger partial charge is 0.341 e. The summed E-state index contributed by atoms with van der Waals surface area (Å²) in [6.07, 6.45) is 1.88. The summed E-state index contributed by atoms with van der Waals surface area (Å²) < 4.78 is 0. The number of nitriles is 1. The van der Waals surface area contributed by atoms with Crippen LogP contribution in [0.25, 0.3) is 59.4 Å². The van der Waals surface area contributed by atoms with E-state index >= 15 is 0 Å². The Kier molecular flexibility index (Phi) is 6.22. The first kappa shape index (κ1) is 28.4. The summed E-state index contributed by atoms with van der Waals surface area (Å²) in [5.74, 6) is 0. The number of hydrogen-bond acceptors (Lipinski definition) is 3. The SMILES string of the molecule is [C-]#[N+]c1ccc2c(c1)N(c1cc(-c3ccccc3)c3ccc4c(N5CCc6ccc(C#N)cc65)cc(-c5ccccc5)c5ccc1c3c54)CC2. The topological polar surface area (TPSA) is 34.6 Å². The maximum absolute atomic E-state index is 9.81. The van der Waals surface area contributed by atoms with Gasteiger partial charge in [0.25, 0.3) is 0 Å². The normalized spacial score (nSPS) is 13.6. The molecule has 8 aromatic rings. The first-order chi connectivity index (χ1) is 24.7. The first-order valence-electron chi connectivity index (χ1n) is 17.2. The lowest BCUT2D eigenvalue weighted by Gasteiger charge is -2.28. The third-order valence-corrected chi connectivity index (χ3v) is 10.8. The molecule has 8 aromatic carbocycles. The predicted molar refractivity (Wildman–Crippen MR) is 206 cm³/mol. The number of nitrogens with zero attached hydrogens (tertiary/aromatic N) is 4. The standard InChI is InChI=1S/C46H30N4/c1-48-34-15-14-33-21-23-50(42(33)25-34)44-27-40(31-10-6-3-7-11-31)36-16-18-37-43(49-22-20-32-13-12-29(28-47)24-41(32)49)26-39(30-8-4-2-5-9-30)35-17-19-38(44)46(36)45(35)37/h2-19,24-27H,20-23H2. The zero-order chi connectivity index (χ0) is 33.3. The van der Waals surface area contributed by atoms with Gasteiger partial charge in [0.2, 0.25) is 0 Å². The molecular formula is C46H30N4. The molecule has 0 N–H and O–H groups in total. The summed E-state index contributed by atoms with van der Waals surface area (Å²) in [7, 11) is 0. The molecule has 0 atom stereocenters. The van der Waals surface area contributed by atoms with E-state index in [-0.39, 0.29) is 0 Å². The highest BCUT2D eigenvalue weighted by atomic mass is 15.2. The van der Waals surface area contributed by atoms with Crippen LogP contribution in [0.2, 0.25) is 0 Å². The molecule has 0 saturated carbocycles. The molecule has 234 valence electrons. The molecule has 0 bridgehead atoms. The van der Waals surface area contributed by atoms with E-state index in [9.17, 15) is 5.26 Å². The van der Waals surface area contributed by atoms with E-state index in [1.54, 1.807) is 0 Å². The number of anilines is 4. The monoisotopic (exact) mass is 638 g/mol. The maximum Gasteiger partial charge on any atom is 0.189 e. The Bertz CT molecular complexity index is 2540. The van der Waals surface area contributed by atoms with E-state index in [4.69, 9.17) is 6.57 Å². The second kappa shape index (κ2) is 11.0. The van der Waals surface area contributed by atoms with Crippen LogP contribution in [-0.4, -0.2) is 13.1 Å². The van der Waals surface area contributed by atoms with Crippen LogP contribution >= 0.6 is 0 Å². The number of rotatable bonds is 4. The van der Waals surface area contributed by atoms with Gasteiger partial charge in [0.1, 0.15) is 0 Å². The smallest absolute Gasteiger partial charge is 0.189 e. The molecule has 0 unspecified atom stereocenters. The van der Waals surface area contributed by atoms with Gasteiger partial charge in [-0.3, -0.25) is 0 Å². The Morgan fingerprint density at radius 1 is 0.520 bits per heavy atom. The van der Waals surface area contributed by atoms with Crippen molar-refractivity contribution >= 4 is 60.8 Å². The van der Waals surface area contributed by atoms with Gasteiger partial charge in [-0.25, -0.2) is 4.85 Å². The molecule has 10 rings (SSSR count). The quantitative estimate of drug-likeness (QED) is 0.142. The van der Waals surface area contributed by atoms with Crippen molar-refractivity contribution in [3.63, 3.8) is 0 Å². The Hall–Kier alpha value is -6.62. The van der Waals surface area contributed by atoms with Crippen molar-refractivity contribution in [2.45, 2.75) is 12.8 Å². The molecule has 0 aromatic heterocycles. The first-order valence-corrected chi connectivity index (χ1v) is 17.2. The number of fused-ring (bicyclic) bond motifs is 2. The molecule has 4 nitrogen and oxygen atoms in total. The van der Waals surface area contributed by atoms with Crippen LogP contribution in [0.3, 0.4) is 0 Å². The van der Waals surface area contributed by atoms with E-state index in [0.29, 0.717) is 11.3 Å².